The number of rotatable bonds is 9. The highest BCUT2D eigenvalue weighted by molar-refractivity contribution is 7.89. The van der Waals surface area contributed by atoms with Crippen LogP contribution >= 0.6 is 0 Å². The molecule has 3 aromatic carbocycles. The van der Waals surface area contributed by atoms with E-state index in [1.54, 1.807) is 30.1 Å². The number of hydrogen-bond acceptors (Lipinski definition) is 5. The van der Waals surface area contributed by atoms with Gasteiger partial charge in [-0.15, -0.1) is 0 Å². The molecule has 1 aromatic heterocycles. The topological polar surface area (TPSA) is 116 Å². The van der Waals surface area contributed by atoms with E-state index in [9.17, 15) is 13.2 Å². The van der Waals surface area contributed by atoms with Gasteiger partial charge in [-0.3, -0.25) is 9.48 Å². The second kappa shape index (κ2) is 10.5. The molecule has 0 fully saturated rings. The molecular weight excluding hydrogens is 464 g/mol. The third-order valence-corrected chi connectivity index (χ3v) is 6.44. The van der Waals surface area contributed by atoms with Crippen molar-refractivity contribution >= 4 is 15.9 Å². The van der Waals surface area contributed by atoms with Gasteiger partial charge in [0.25, 0.3) is 5.91 Å². The van der Waals surface area contributed by atoms with Crippen molar-refractivity contribution in [2.45, 2.75) is 17.9 Å². The minimum Gasteiger partial charge on any atom is -0.496 e. The molecule has 0 saturated carbocycles. The number of amides is 1. The minimum atomic E-state index is -3.74. The van der Waals surface area contributed by atoms with Crippen LogP contribution < -0.4 is 15.2 Å². The van der Waals surface area contributed by atoms with Crippen molar-refractivity contribution in [1.29, 1.82) is 0 Å². The Morgan fingerprint density at radius 3 is 2.34 bits per heavy atom. The second-order valence-corrected chi connectivity index (χ2v) is 9.53. The second-order valence-electron chi connectivity index (χ2n) is 7.97. The largest absolute Gasteiger partial charge is 0.496 e. The first-order valence-corrected chi connectivity index (χ1v) is 12.5. The van der Waals surface area contributed by atoms with Gasteiger partial charge < -0.3 is 10.1 Å². The van der Waals surface area contributed by atoms with Crippen molar-refractivity contribution < 1.29 is 17.9 Å². The summed E-state index contributed by atoms with van der Waals surface area (Å²) < 4.78 is 30.1. The Hall–Kier alpha value is -3.95. The smallest absolute Gasteiger partial charge is 0.255 e. The molecule has 0 aliphatic heterocycles. The average molecular weight is 491 g/mol. The molecule has 0 spiro atoms. The molecule has 1 heterocycles. The van der Waals surface area contributed by atoms with Gasteiger partial charge in [0.05, 0.1) is 24.1 Å². The number of primary sulfonamides is 1. The highest BCUT2D eigenvalue weighted by Gasteiger charge is 2.20. The van der Waals surface area contributed by atoms with Crippen LogP contribution in [0.2, 0.25) is 0 Å². The van der Waals surface area contributed by atoms with Gasteiger partial charge in [0.1, 0.15) is 11.4 Å². The SMILES string of the molecule is COc1ccccc1-c1nn(Cc2ccccc2)cc1C(=O)NCCc1ccc(S(N)(=O)=O)cc1. The molecule has 4 aromatic rings. The Morgan fingerprint density at radius 2 is 1.66 bits per heavy atom. The fourth-order valence-electron chi connectivity index (χ4n) is 3.74. The van der Waals surface area contributed by atoms with Crippen molar-refractivity contribution in [3.8, 4) is 17.0 Å². The van der Waals surface area contributed by atoms with Crippen molar-refractivity contribution in [3.63, 3.8) is 0 Å². The van der Waals surface area contributed by atoms with Crippen LogP contribution in [0.5, 0.6) is 5.75 Å². The number of hydrogen-bond donors (Lipinski definition) is 2. The van der Waals surface area contributed by atoms with Gasteiger partial charge in [0, 0.05) is 18.3 Å². The third kappa shape index (κ3) is 5.95. The summed E-state index contributed by atoms with van der Waals surface area (Å²) in [5, 5.41) is 12.8. The number of para-hydroxylation sites is 1. The van der Waals surface area contributed by atoms with Crippen LogP contribution in [0.1, 0.15) is 21.5 Å². The number of sulfonamides is 1. The van der Waals surface area contributed by atoms with Crippen molar-refractivity contribution in [1.82, 2.24) is 15.1 Å². The Kier molecular flexibility index (Phi) is 7.28. The highest BCUT2D eigenvalue weighted by Crippen LogP contribution is 2.31. The molecule has 0 radical (unpaired) electrons. The number of nitrogens with zero attached hydrogens (tertiary/aromatic N) is 2. The first kappa shape index (κ1) is 24.2. The van der Waals surface area contributed by atoms with Crippen LogP contribution in [0.4, 0.5) is 0 Å². The molecule has 0 bridgehead atoms. The van der Waals surface area contributed by atoms with Crippen molar-refractivity contribution in [2.75, 3.05) is 13.7 Å². The van der Waals surface area contributed by atoms with E-state index in [1.165, 1.54) is 12.1 Å². The molecule has 0 aliphatic carbocycles. The van der Waals surface area contributed by atoms with Gasteiger partial charge >= 0.3 is 0 Å². The maximum Gasteiger partial charge on any atom is 0.255 e. The minimum absolute atomic E-state index is 0.0533. The normalized spacial score (nSPS) is 11.3. The van der Waals surface area contributed by atoms with Crippen LogP contribution in [-0.4, -0.2) is 37.8 Å². The zero-order valence-corrected chi connectivity index (χ0v) is 20.0. The van der Waals surface area contributed by atoms with Crippen LogP contribution in [0, 0.1) is 0 Å². The summed E-state index contributed by atoms with van der Waals surface area (Å²) in [6.07, 6.45) is 2.27. The Bertz CT molecular complexity index is 1420. The fourth-order valence-corrected chi connectivity index (χ4v) is 4.26. The maximum absolute atomic E-state index is 13.2. The van der Waals surface area contributed by atoms with E-state index in [1.807, 2.05) is 54.6 Å². The fraction of sp³-hybridized carbons (Fsp3) is 0.154. The van der Waals surface area contributed by atoms with Gasteiger partial charge in [-0.1, -0.05) is 54.6 Å². The van der Waals surface area contributed by atoms with Crippen LogP contribution in [0.15, 0.2) is 90.0 Å². The Labute approximate surface area is 204 Å². The van der Waals surface area contributed by atoms with E-state index in [4.69, 9.17) is 15.0 Å². The molecule has 4 rings (SSSR count). The number of carbonyl (C=O) groups is 1. The average Bonchev–Trinajstić information content (AvgIpc) is 3.28. The lowest BCUT2D eigenvalue weighted by Gasteiger charge is -2.09. The zero-order chi connectivity index (χ0) is 24.8. The third-order valence-electron chi connectivity index (χ3n) is 5.51. The lowest BCUT2D eigenvalue weighted by molar-refractivity contribution is 0.0954. The molecule has 0 atom stereocenters. The molecule has 0 saturated heterocycles. The summed E-state index contributed by atoms with van der Waals surface area (Å²) in [6, 6.07) is 23.6. The van der Waals surface area contributed by atoms with Crippen molar-refractivity contribution in [2.24, 2.45) is 5.14 Å². The zero-order valence-electron chi connectivity index (χ0n) is 19.2. The summed E-state index contributed by atoms with van der Waals surface area (Å²) in [4.78, 5) is 13.2. The number of carbonyl (C=O) groups excluding carboxylic acids is 1. The quantitative estimate of drug-likeness (QED) is 0.374. The van der Waals surface area contributed by atoms with Gasteiger partial charge in [-0.05, 0) is 41.8 Å². The predicted molar refractivity (Wildman–Crippen MR) is 134 cm³/mol. The summed E-state index contributed by atoms with van der Waals surface area (Å²) in [5.41, 5.74) is 3.65. The lowest BCUT2D eigenvalue weighted by atomic mass is 10.1. The Balaban J connectivity index is 1.54. The van der Waals surface area contributed by atoms with Gasteiger partial charge in [-0.2, -0.15) is 5.10 Å². The number of ether oxygens (including phenoxy) is 1. The van der Waals surface area contributed by atoms with E-state index >= 15 is 0 Å². The first-order chi connectivity index (χ1) is 16.8. The molecule has 1 amide bonds. The highest BCUT2D eigenvalue weighted by atomic mass is 32.2. The number of aromatic nitrogens is 2. The molecule has 3 N–H and O–H groups in total. The summed E-state index contributed by atoms with van der Waals surface area (Å²) >= 11 is 0. The summed E-state index contributed by atoms with van der Waals surface area (Å²) in [6.45, 7) is 0.884. The van der Waals surface area contributed by atoms with E-state index in [-0.39, 0.29) is 10.8 Å². The lowest BCUT2D eigenvalue weighted by Crippen LogP contribution is -2.26. The predicted octanol–water partition coefficient (Wildman–Crippen LogP) is 3.23. The standard InChI is InChI=1S/C26H26N4O4S/c1-34-24-10-6-5-9-22(24)25-23(18-30(29-25)17-20-7-3-2-4-8-20)26(31)28-16-15-19-11-13-21(14-12-19)35(27,32)33/h2-14,18H,15-17H2,1H3,(H,28,31)(H2,27,32,33). The van der Waals surface area contributed by atoms with Gasteiger partial charge in [0.2, 0.25) is 10.0 Å². The molecule has 9 heteroatoms. The summed E-state index contributed by atoms with van der Waals surface area (Å²) in [5.74, 6) is 0.368. The van der Waals surface area contributed by atoms with Gasteiger partial charge in [-0.25, -0.2) is 13.6 Å². The number of nitrogens with one attached hydrogen (secondary N) is 1. The van der Waals surface area contributed by atoms with Crippen LogP contribution in [-0.2, 0) is 23.0 Å². The molecule has 180 valence electrons. The van der Waals surface area contributed by atoms with E-state index in [0.29, 0.717) is 36.5 Å². The molecule has 35 heavy (non-hydrogen) atoms. The first-order valence-electron chi connectivity index (χ1n) is 11.0. The van der Waals surface area contributed by atoms with Crippen LogP contribution in [0.25, 0.3) is 11.3 Å². The van der Waals surface area contributed by atoms with Crippen molar-refractivity contribution in [3.05, 3.63) is 102 Å². The van der Waals surface area contributed by atoms with E-state index in [2.05, 4.69) is 5.32 Å². The maximum atomic E-state index is 13.2. The molecule has 0 unspecified atom stereocenters. The van der Waals surface area contributed by atoms with E-state index in [0.717, 1.165) is 16.7 Å². The molecule has 0 aliphatic rings. The van der Waals surface area contributed by atoms with Crippen LogP contribution in [0.3, 0.4) is 0 Å². The number of nitrogens with two attached hydrogens (primary N) is 1. The number of methoxy groups -OCH3 is 1. The Morgan fingerprint density at radius 1 is 0.971 bits per heavy atom. The van der Waals surface area contributed by atoms with Gasteiger partial charge in [0.15, 0.2) is 0 Å². The number of benzene rings is 3. The molecular formula is C26H26N4O4S. The summed E-state index contributed by atoms with van der Waals surface area (Å²) in [7, 11) is -2.15. The molecule has 8 nitrogen and oxygen atoms in total. The van der Waals surface area contributed by atoms with E-state index < -0.39 is 10.0 Å². The monoisotopic (exact) mass is 490 g/mol.